The molecule has 1 N–H and O–H groups in total. The topological polar surface area (TPSA) is 38.3 Å². The summed E-state index contributed by atoms with van der Waals surface area (Å²) in [6.45, 7) is 3.55. The third-order valence-corrected chi connectivity index (χ3v) is 3.02. The number of ether oxygens (including phenoxy) is 1. The van der Waals surface area contributed by atoms with E-state index in [-0.39, 0.29) is 18.0 Å². The molecule has 0 spiro atoms. The van der Waals surface area contributed by atoms with E-state index in [9.17, 15) is 22.4 Å². The molecule has 1 atom stereocenters. The van der Waals surface area contributed by atoms with Gasteiger partial charge in [-0.25, -0.2) is 9.18 Å². The van der Waals surface area contributed by atoms with Crippen molar-refractivity contribution in [1.82, 2.24) is 0 Å². The average molecular weight is 315 g/mol. The van der Waals surface area contributed by atoms with Crippen molar-refractivity contribution in [3.8, 4) is 11.8 Å². The van der Waals surface area contributed by atoms with Gasteiger partial charge in [0.15, 0.2) is 0 Å². The predicted molar refractivity (Wildman–Crippen MR) is 71.5 cm³/mol. The van der Waals surface area contributed by atoms with Crippen LogP contribution < -0.4 is 5.32 Å². The van der Waals surface area contributed by atoms with Crippen LogP contribution in [0.1, 0.15) is 25.8 Å². The van der Waals surface area contributed by atoms with E-state index in [1.54, 1.807) is 13.8 Å². The summed E-state index contributed by atoms with van der Waals surface area (Å²) in [5.41, 5.74) is -4.42. The molecule has 118 valence electrons. The van der Waals surface area contributed by atoms with Gasteiger partial charge in [-0.05, 0) is 24.0 Å². The van der Waals surface area contributed by atoms with E-state index in [4.69, 9.17) is 0 Å². The Bertz CT molecular complexity index is 658. The largest absolute Gasteiger partial charge is 0.445 e. The highest BCUT2D eigenvalue weighted by Crippen LogP contribution is 2.48. The fraction of sp³-hybridized carbons (Fsp3) is 0.400. The lowest BCUT2D eigenvalue weighted by atomic mass is 9.89. The highest BCUT2D eigenvalue weighted by molar-refractivity contribution is 5.89. The van der Waals surface area contributed by atoms with Crippen molar-refractivity contribution >= 4 is 11.8 Å². The van der Waals surface area contributed by atoms with E-state index in [1.165, 1.54) is 12.1 Å². The van der Waals surface area contributed by atoms with Crippen LogP contribution in [0.4, 0.5) is 28.0 Å². The Kier molecular flexibility index (Phi) is 4.05. The van der Waals surface area contributed by atoms with E-state index in [2.05, 4.69) is 16.0 Å². The predicted octanol–water partition coefficient (Wildman–Crippen LogP) is 4.19. The molecule has 1 aliphatic rings. The third kappa shape index (κ3) is 2.73. The number of nitrogens with one attached hydrogen (secondary N) is 1. The number of carbonyl (C=O) groups is 1. The molecule has 3 nitrogen and oxygen atoms in total. The number of alkyl halides is 3. The van der Waals surface area contributed by atoms with Gasteiger partial charge in [-0.2, -0.15) is 13.2 Å². The molecule has 1 aromatic rings. The van der Waals surface area contributed by atoms with Crippen molar-refractivity contribution in [2.75, 3.05) is 5.32 Å². The van der Waals surface area contributed by atoms with Crippen LogP contribution in [0.25, 0.3) is 0 Å². The molecular weight excluding hydrogens is 302 g/mol. The van der Waals surface area contributed by atoms with Crippen LogP contribution >= 0.6 is 0 Å². The molecule has 0 fully saturated rings. The molecule has 1 aliphatic heterocycles. The number of anilines is 1. The zero-order valence-corrected chi connectivity index (χ0v) is 11.8. The van der Waals surface area contributed by atoms with Crippen molar-refractivity contribution < 1.29 is 27.1 Å². The van der Waals surface area contributed by atoms with Crippen LogP contribution in [0.3, 0.4) is 0 Å². The first-order chi connectivity index (χ1) is 10.2. The second-order valence-electron chi connectivity index (χ2n) is 5.26. The number of fused-ring (bicyclic) bond motifs is 1. The van der Waals surface area contributed by atoms with E-state index in [0.29, 0.717) is 0 Å². The lowest BCUT2D eigenvalue weighted by Gasteiger charge is -2.35. The van der Waals surface area contributed by atoms with Crippen molar-refractivity contribution in [3.63, 3.8) is 0 Å². The van der Waals surface area contributed by atoms with Crippen LogP contribution in [-0.2, 0) is 10.3 Å². The molecule has 7 heteroatoms. The molecule has 0 aromatic heterocycles. The SMILES string of the molecule is CC(C)CC#CC1(C(F)(F)F)OC(=O)Nc2cccc(F)c21. The van der Waals surface area contributed by atoms with E-state index >= 15 is 0 Å². The van der Waals surface area contributed by atoms with E-state index in [0.717, 1.165) is 6.07 Å². The third-order valence-electron chi connectivity index (χ3n) is 3.02. The normalized spacial score (nSPS) is 20.6. The molecule has 1 amide bonds. The molecule has 1 aromatic carbocycles. The summed E-state index contributed by atoms with van der Waals surface area (Å²) >= 11 is 0. The number of halogens is 4. The Hall–Kier alpha value is -2.23. The van der Waals surface area contributed by atoms with Gasteiger partial charge in [0.2, 0.25) is 0 Å². The minimum absolute atomic E-state index is 0.0234. The van der Waals surface area contributed by atoms with Gasteiger partial charge < -0.3 is 4.74 Å². The lowest BCUT2D eigenvalue weighted by Crippen LogP contribution is -2.50. The highest BCUT2D eigenvalue weighted by Gasteiger charge is 2.63. The second kappa shape index (κ2) is 5.52. The van der Waals surface area contributed by atoms with Gasteiger partial charge in [-0.1, -0.05) is 25.8 Å². The number of carbonyl (C=O) groups excluding carboxylic acids is 1. The summed E-state index contributed by atoms with van der Waals surface area (Å²) < 4.78 is 59.2. The molecule has 0 saturated heterocycles. The van der Waals surface area contributed by atoms with Gasteiger partial charge in [-0.15, -0.1) is 0 Å². The van der Waals surface area contributed by atoms with Crippen LogP contribution in [0.5, 0.6) is 0 Å². The van der Waals surface area contributed by atoms with Crippen molar-refractivity contribution in [2.45, 2.75) is 32.0 Å². The van der Waals surface area contributed by atoms with Crippen LogP contribution in [0.2, 0.25) is 0 Å². The highest BCUT2D eigenvalue weighted by atomic mass is 19.4. The first kappa shape index (κ1) is 16.1. The lowest BCUT2D eigenvalue weighted by molar-refractivity contribution is -0.240. The van der Waals surface area contributed by atoms with E-state index < -0.39 is 29.3 Å². The Labute approximate surface area is 124 Å². The molecule has 22 heavy (non-hydrogen) atoms. The summed E-state index contributed by atoms with van der Waals surface area (Å²) in [5, 5.41) is 2.06. The van der Waals surface area contributed by atoms with Crippen LogP contribution in [-0.4, -0.2) is 12.3 Å². The number of amides is 1. The molecular formula is C15H13F4NO2. The Morgan fingerprint density at radius 2 is 2.05 bits per heavy atom. The second-order valence-corrected chi connectivity index (χ2v) is 5.26. The molecule has 0 aliphatic carbocycles. The first-order valence-electron chi connectivity index (χ1n) is 6.53. The summed E-state index contributed by atoms with van der Waals surface area (Å²) in [5.74, 6) is 3.16. The summed E-state index contributed by atoms with van der Waals surface area (Å²) in [6.07, 6.45) is -6.24. The summed E-state index contributed by atoms with van der Waals surface area (Å²) in [4.78, 5) is 11.5. The summed E-state index contributed by atoms with van der Waals surface area (Å²) in [7, 11) is 0. The zero-order chi connectivity index (χ0) is 16.5. The van der Waals surface area contributed by atoms with Gasteiger partial charge in [0, 0.05) is 6.42 Å². The maximum atomic E-state index is 14.0. The molecule has 0 radical (unpaired) electrons. The zero-order valence-electron chi connectivity index (χ0n) is 11.8. The molecule has 2 rings (SSSR count). The maximum Gasteiger partial charge on any atom is 0.445 e. The van der Waals surface area contributed by atoms with Gasteiger partial charge >= 0.3 is 12.3 Å². The van der Waals surface area contributed by atoms with Gasteiger partial charge in [0.25, 0.3) is 5.60 Å². The summed E-state index contributed by atoms with van der Waals surface area (Å²) in [6, 6.07) is 3.23. The monoisotopic (exact) mass is 315 g/mol. The number of cyclic esters (lactones) is 1. The Morgan fingerprint density at radius 3 is 2.64 bits per heavy atom. The molecule has 0 saturated carbocycles. The van der Waals surface area contributed by atoms with Crippen molar-refractivity contribution in [2.24, 2.45) is 5.92 Å². The van der Waals surface area contributed by atoms with Crippen LogP contribution in [0, 0.1) is 23.6 Å². The maximum absolute atomic E-state index is 14.0. The molecule has 1 heterocycles. The average Bonchev–Trinajstić information content (AvgIpc) is 2.36. The minimum Gasteiger partial charge on any atom is -0.415 e. The number of benzene rings is 1. The smallest absolute Gasteiger partial charge is 0.415 e. The minimum atomic E-state index is -5.08. The number of hydrogen-bond donors (Lipinski definition) is 1. The van der Waals surface area contributed by atoms with E-state index in [1.807, 2.05) is 5.92 Å². The van der Waals surface area contributed by atoms with Crippen molar-refractivity contribution in [1.29, 1.82) is 0 Å². The fourth-order valence-electron chi connectivity index (χ4n) is 2.05. The Morgan fingerprint density at radius 1 is 1.36 bits per heavy atom. The number of hydrogen-bond acceptors (Lipinski definition) is 2. The first-order valence-corrected chi connectivity index (χ1v) is 6.53. The van der Waals surface area contributed by atoms with Gasteiger partial charge in [0.05, 0.1) is 11.3 Å². The molecule has 0 bridgehead atoms. The van der Waals surface area contributed by atoms with Gasteiger partial charge in [0.1, 0.15) is 5.82 Å². The Balaban J connectivity index is 2.69. The standard InChI is InChI=1S/C15H13F4NO2/c1-9(2)5-4-8-14(15(17,18)19)12-10(16)6-3-7-11(12)20-13(21)22-14/h3,6-7,9H,5H2,1-2H3,(H,20,21). The fourth-order valence-corrected chi connectivity index (χ4v) is 2.05. The molecule has 1 unspecified atom stereocenters. The quantitative estimate of drug-likeness (QED) is 0.623. The number of rotatable bonds is 1. The van der Waals surface area contributed by atoms with Crippen LogP contribution in [0.15, 0.2) is 18.2 Å². The van der Waals surface area contributed by atoms with Crippen molar-refractivity contribution in [3.05, 3.63) is 29.6 Å². The van der Waals surface area contributed by atoms with Gasteiger partial charge in [-0.3, -0.25) is 5.32 Å².